The minimum atomic E-state index is 0.0141. The Morgan fingerprint density at radius 3 is 2.11 bits per heavy atom. The van der Waals surface area contributed by atoms with Gasteiger partial charge in [-0.2, -0.15) is 0 Å². The summed E-state index contributed by atoms with van der Waals surface area (Å²) >= 11 is 0. The van der Waals surface area contributed by atoms with E-state index in [2.05, 4.69) is 58.7 Å². The molecule has 1 aliphatic rings. The van der Waals surface area contributed by atoms with Gasteiger partial charge in [0.2, 0.25) is 5.91 Å². The van der Waals surface area contributed by atoms with Gasteiger partial charge in [0.15, 0.2) is 0 Å². The highest BCUT2D eigenvalue weighted by molar-refractivity contribution is 5.84. The number of nitrogens with zero attached hydrogens (tertiary/aromatic N) is 1. The topological polar surface area (TPSA) is 32.3 Å². The lowest BCUT2D eigenvalue weighted by Gasteiger charge is -2.36. The van der Waals surface area contributed by atoms with Crippen LogP contribution in [0.25, 0.3) is 0 Å². The van der Waals surface area contributed by atoms with Crippen LogP contribution in [0.4, 0.5) is 0 Å². The molecule has 0 aromatic carbocycles. The van der Waals surface area contributed by atoms with Crippen LogP contribution in [0.3, 0.4) is 0 Å². The first-order valence-corrected chi connectivity index (χ1v) is 7.87. The summed E-state index contributed by atoms with van der Waals surface area (Å²) in [5, 5.41) is 3.57. The molecule has 1 N–H and O–H groups in total. The molecule has 3 atom stereocenters. The second kappa shape index (κ2) is 6.74. The molecule has 0 aliphatic carbocycles. The summed E-state index contributed by atoms with van der Waals surface area (Å²) in [5.74, 6) is 1.82. The van der Waals surface area contributed by atoms with Gasteiger partial charge in [-0.3, -0.25) is 10.1 Å². The third kappa shape index (κ3) is 3.71. The van der Waals surface area contributed by atoms with Crippen LogP contribution in [0.5, 0.6) is 0 Å². The Morgan fingerprint density at radius 2 is 1.74 bits per heavy atom. The lowest BCUT2D eigenvalue weighted by atomic mass is 9.97. The summed E-state index contributed by atoms with van der Waals surface area (Å²) in [4.78, 5) is 14.9. The molecular formula is C16H32N2O. The molecule has 1 rings (SSSR count). The van der Waals surface area contributed by atoms with E-state index in [9.17, 15) is 4.79 Å². The van der Waals surface area contributed by atoms with E-state index in [0.717, 1.165) is 12.8 Å². The fraction of sp³-hybridized carbons (Fsp3) is 0.938. The van der Waals surface area contributed by atoms with Crippen LogP contribution in [0.15, 0.2) is 0 Å². The highest BCUT2D eigenvalue weighted by Gasteiger charge is 2.43. The number of hydrogen-bond donors (Lipinski definition) is 1. The maximum atomic E-state index is 12.7. The summed E-state index contributed by atoms with van der Waals surface area (Å²) < 4.78 is 0. The van der Waals surface area contributed by atoms with Crippen molar-refractivity contribution in [2.24, 2.45) is 17.8 Å². The first-order chi connectivity index (χ1) is 8.79. The molecule has 1 saturated heterocycles. The minimum absolute atomic E-state index is 0.0141. The van der Waals surface area contributed by atoms with Crippen LogP contribution in [0, 0.1) is 17.8 Å². The summed E-state index contributed by atoms with van der Waals surface area (Å²) in [6.07, 6.45) is 2.17. The maximum Gasteiger partial charge on any atom is 0.241 e. The van der Waals surface area contributed by atoms with Gasteiger partial charge in [-0.05, 0) is 30.6 Å². The second-order valence-corrected chi connectivity index (χ2v) is 7.00. The standard InChI is InChI=1S/C16H32N2O/c1-8-14(11(4)5)18-15(12(6)7)17-13(16(18)19)9-10(2)3/h10-15,17H,8-9H2,1-7H3. The molecule has 1 amide bonds. The maximum absolute atomic E-state index is 12.7. The zero-order valence-electron chi connectivity index (χ0n) is 13.7. The van der Waals surface area contributed by atoms with Gasteiger partial charge in [0.1, 0.15) is 0 Å². The van der Waals surface area contributed by atoms with Gasteiger partial charge in [-0.15, -0.1) is 0 Å². The molecule has 0 saturated carbocycles. The number of carbonyl (C=O) groups is 1. The number of rotatable bonds is 6. The van der Waals surface area contributed by atoms with Crippen molar-refractivity contribution < 1.29 is 4.79 Å². The molecule has 3 nitrogen and oxygen atoms in total. The van der Waals surface area contributed by atoms with E-state index in [1.807, 2.05) is 0 Å². The highest BCUT2D eigenvalue weighted by atomic mass is 16.2. The zero-order valence-corrected chi connectivity index (χ0v) is 13.7. The molecular weight excluding hydrogens is 236 g/mol. The van der Waals surface area contributed by atoms with Crippen LogP contribution in [0.2, 0.25) is 0 Å². The molecule has 3 heteroatoms. The summed E-state index contributed by atoms with van der Waals surface area (Å²) in [6, 6.07) is 0.366. The SMILES string of the molecule is CCC(C(C)C)N1C(=O)C(CC(C)C)NC1C(C)C. The first kappa shape index (κ1) is 16.5. The van der Waals surface area contributed by atoms with Crippen molar-refractivity contribution in [3.8, 4) is 0 Å². The molecule has 112 valence electrons. The second-order valence-electron chi connectivity index (χ2n) is 7.00. The predicted octanol–water partition coefficient (Wildman–Crippen LogP) is 3.25. The summed E-state index contributed by atoms with van der Waals surface area (Å²) in [5.41, 5.74) is 0. The third-order valence-electron chi connectivity index (χ3n) is 4.11. The highest BCUT2D eigenvalue weighted by Crippen LogP contribution is 2.27. The van der Waals surface area contributed by atoms with Crippen molar-refractivity contribution in [1.29, 1.82) is 0 Å². The lowest BCUT2D eigenvalue weighted by molar-refractivity contribution is -0.134. The zero-order chi connectivity index (χ0) is 14.7. The quantitative estimate of drug-likeness (QED) is 0.802. The summed E-state index contributed by atoms with van der Waals surface area (Å²) in [7, 11) is 0. The van der Waals surface area contributed by atoms with E-state index in [0.29, 0.717) is 29.7 Å². The van der Waals surface area contributed by atoms with Crippen molar-refractivity contribution in [3.63, 3.8) is 0 Å². The van der Waals surface area contributed by atoms with Gasteiger partial charge in [-0.1, -0.05) is 48.5 Å². The van der Waals surface area contributed by atoms with Crippen LogP contribution in [0.1, 0.15) is 61.3 Å². The van der Waals surface area contributed by atoms with Crippen LogP contribution in [-0.4, -0.2) is 29.1 Å². The van der Waals surface area contributed by atoms with Gasteiger partial charge < -0.3 is 4.90 Å². The van der Waals surface area contributed by atoms with Crippen molar-refractivity contribution >= 4 is 5.91 Å². The normalized spacial score (nSPS) is 26.0. The van der Waals surface area contributed by atoms with Crippen molar-refractivity contribution in [3.05, 3.63) is 0 Å². The Morgan fingerprint density at radius 1 is 1.16 bits per heavy atom. The molecule has 1 fully saturated rings. The summed E-state index contributed by atoms with van der Waals surface area (Å²) in [6.45, 7) is 15.4. The van der Waals surface area contributed by atoms with Gasteiger partial charge in [-0.25, -0.2) is 0 Å². The molecule has 0 radical (unpaired) electrons. The van der Waals surface area contributed by atoms with Crippen LogP contribution < -0.4 is 5.32 Å². The van der Waals surface area contributed by atoms with Gasteiger partial charge in [0, 0.05) is 6.04 Å². The van der Waals surface area contributed by atoms with E-state index in [-0.39, 0.29) is 12.2 Å². The van der Waals surface area contributed by atoms with Crippen molar-refractivity contribution in [2.75, 3.05) is 0 Å². The van der Waals surface area contributed by atoms with E-state index >= 15 is 0 Å². The van der Waals surface area contributed by atoms with Crippen molar-refractivity contribution in [1.82, 2.24) is 10.2 Å². The fourth-order valence-electron chi connectivity index (χ4n) is 3.19. The molecule has 0 aromatic heterocycles. The lowest BCUT2D eigenvalue weighted by Crippen LogP contribution is -2.49. The Kier molecular flexibility index (Phi) is 5.84. The fourth-order valence-corrected chi connectivity index (χ4v) is 3.19. The first-order valence-electron chi connectivity index (χ1n) is 7.87. The molecule has 0 spiro atoms. The minimum Gasteiger partial charge on any atom is -0.322 e. The smallest absolute Gasteiger partial charge is 0.241 e. The monoisotopic (exact) mass is 268 g/mol. The van der Waals surface area contributed by atoms with E-state index in [1.165, 1.54) is 0 Å². The van der Waals surface area contributed by atoms with E-state index < -0.39 is 0 Å². The number of amides is 1. The largest absolute Gasteiger partial charge is 0.322 e. The third-order valence-corrected chi connectivity index (χ3v) is 4.11. The van der Waals surface area contributed by atoms with E-state index in [1.54, 1.807) is 0 Å². The molecule has 3 unspecified atom stereocenters. The Labute approximate surface area is 119 Å². The van der Waals surface area contributed by atoms with Gasteiger partial charge in [0.25, 0.3) is 0 Å². The van der Waals surface area contributed by atoms with Crippen molar-refractivity contribution in [2.45, 2.75) is 79.6 Å². The average Bonchev–Trinajstić information content (AvgIpc) is 2.58. The molecule has 19 heavy (non-hydrogen) atoms. The van der Waals surface area contributed by atoms with Gasteiger partial charge in [0.05, 0.1) is 12.2 Å². The van der Waals surface area contributed by atoms with Gasteiger partial charge >= 0.3 is 0 Å². The van der Waals surface area contributed by atoms with Crippen LogP contribution >= 0.6 is 0 Å². The molecule has 0 bridgehead atoms. The molecule has 0 aromatic rings. The Hall–Kier alpha value is -0.570. The molecule has 1 heterocycles. The molecule has 1 aliphatic heterocycles. The average molecular weight is 268 g/mol. The number of nitrogens with one attached hydrogen (secondary N) is 1. The number of hydrogen-bond acceptors (Lipinski definition) is 2. The predicted molar refractivity (Wildman–Crippen MR) is 80.8 cm³/mol. The number of carbonyl (C=O) groups excluding carboxylic acids is 1. The van der Waals surface area contributed by atoms with E-state index in [4.69, 9.17) is 0 Å². The Bertz CT molecular complexity index is 299. The Balaban J connectivity index is 2.94. The van der Waals surface area contributed by atoms with Crippen LogP contribution in [-0.2, 0) is 4.79 Å².